The molecule has 0 saturated carbocycles. The van der Waals surface area contributed by atoms with Crippen molar-refractivity contribution in [1.29, 1.82) is 0 Å². The van der Waals surface area contributed by atoms with E-state index in [0.29, 0.717) is 11.6 Å². The summed E-state index contributed by atoms with van der Waals surface area (Å²) in [5, 5.41) is 9.34. The quantitative estimate of drug-likeness (QED) is 0.543. The Hall–Kier alpha value is -1.50. The standard InChI is InChI=1S/C11H17N3O3S/c1-8-6-13-11(18-7-10(16)17)14(8)5-3-2-4-9(12)15/h6H,2-5,7H2,1H3,(H2,12,15)(H,16,17). The summed E-state index contributed by atoms with van der Waals surface area (Å²) in [7, 11) is 0. The molecule has 0 aliphatic rings. The first-order valence-electron chi connectivity index (χ1n) is 5.65. The van der Waals surface area contributed by atoms with Crippen LogP contribution in [0.5, 0.6) is 0 Å². The molecule has 6 nitrogen and oxygen atoms in total. The van der Waals surface area contributed by atoms with Gasteiger partial charge < -0.3 is 15.4 Å². The molecule has 0 atom stereocenters. The van der Waals surface area contributed by atoms with E-state index in [4.69, 9.17) is 10.8 Å². The number of rotatable bonds is 8. The predicted octanol–water partition coefficient (Wildman–Crippen LogP) is 1.02. The topological polar surface area (TPSA) is 98.2 Å². The van der Waals surface area contributed by atoms with Gasteiger partial charge in [-0.1, -0.05) is 11.8 Å². The summed E-state index contributed by atoms with van der Waals surface area (Å²) in [6.07, 6.45) is 3.65. The molecule has 0 aliphatic heterocycles. The lowest BCUT2D eigenvalue weighted by molar-refractivity contribution is -0.133. The third kappa shape index (κ3) is 4.79. The van der Waals surface area contributed by atoms with Gasteiger partial charge in [0.1, 0.15) is 0 Å². The van der Waals surface area contributed by atoms with Crippen LogP contribution in [0.25, 0.3) is 0 Å². The minimum absolute atomic E-state index is 0.00224. The number of hydrogen-bond donors (Lipinski definition) is 2. The molecule has 3 N–H and O–H groups in total. The number of aryl methyl sites for hydroxylation is 1. The Kier molecular flexibility index (Phi) is 5.70. The molecule has 1 aromatic rings. The van der Waals surface area contributed by atoms with E-state index in [0.717, 1.165) is 25.1 Å². The van der Waals surface area contributed by atoms with Crippen molar-refractivity contribution in [2.45, 2.75) is 37.9 Å². The number of carboxylic acid groups (broad SMARTS) is 1. The second-order valence-corrected chi connectivity index (χ2v) is 4.88. The van der Waals surface area contributed by atoms with Crippen LogP contribution >= 0.6 is 11.8 Å². The number of aliphatic carboxylic acids is 1. The van der Waals surface area contributed by atoms with E-state index in [2.05, 4.69) is 4.98 Å². The number of thioether (sulfide) groups is 1. The van der Waals surface area contributed by atoms with E-state index >= 15 is 0 Å². The molecule has 0 aromatic carbocycles. The maximum absolute atomic E-state index is 10.6. The molecule has 0 aliphatic carbocycles. The van der Waals surface area contributed by atoms with Crippen molar-refractivity contribution in [3.8, 4) is 0 Å². The van der Waals surface area contributed by atoms with Gasteiger partial charge in [0.05, 0.1) is 5.75 Å². The number of aromatic nitrogens is 2. The van der Waals surface area contributed by atoms with Crippen LogP contribution in [-0.2, 0) is 16.1 Å². The maximum atomic E-state index is 10.6. The third-order valence-corrected chi connectivity index (χ3v) is 3.37. The number of carboxylic acids is 1. The van der Waals surface area contributed by atoms with E-state index in [1.54, 1.807) is 6.20 Å². The normalized spacial score (nSPS) is 10.5. The minimum atomic E-state index is -0.860. The van der Waals surface area contributed by atoms with Gasteiger partial charge in [0.15, 0.2) is 5.16 Å². The number of carbonyl (C=O) groups excluding carboxylic acids is 1. The van der Waals surface area contributed by atoms with Crippen LogP contribution in [0.4, 0.5) is 0 Å². The van der Waals surface area contributed by atoms with Crippen molar-refractivity contribution in [2.24, 2.45) is 5.73 Å². The molecular weight excluding hydrogens is 254 g/mol. The largest absolute Gasteiger partial charge is 0.481 e. The average Bonchev–Trinajstić information content (AvgIpc) is 2.63. The summed E-state index contributed by atoms with van der Waals surface area (Å²) < 4.78 is 1.97. The summed E-state index contributed by atoms with van der Waals surface area (Å²) in [5.41, 5.74) is 6.05. The highest BCUT2D eigenvalue weighted by Gasteiger charge is 2.09. The summed E-state index contributed by atoms with van der Waals surface area (Å²) in [5.74, 6) is -1.16. The second-order valence-electron chi connectivity index (χ2n) is 3.94. The molecule has 7 heteroatoms. The number of imidazole rings is 1. The van der Waals surface area contributed by atoms with Gasteiger partial charge in [-0.2, -0.15) is 0 Å². The lowest BCUT2D eigenvalue weighted by Crippen LogP contribution is -2.10. The zero-order chi connectivity index (χ0) is 13.5. The zero-order valence-corrected chi connectivity index (χ0v) is 11.1. The van der Waals surface area contributed by atoms with Gasteiger partial charge in [0.25, 0.3) is 0 Å². The first-order valence-corrected chi connectivity index (χ1v) is 6.64. The van der Waals surface area contributed by atoms with Gasteiger partial charge in [0.2, 0.25) is 5.91 Å². The fourth-order valence-corrected chi connectivity index (χ4v) is 2.29. The van der Waals surface area contributed by atoms with E-state index in [1.165, 1.54) is 11.8 Å². The number of unbranched alkanes of at least 4 members (excludes halogenated alkanes) is 1. The Labute approximate surface area is 110 Å². The number of amides is 1. The Morgan fingerprint density at radius 3 is 2.83 bits per heavy atom. The summed E-state index contributed by atoms with van der Waals surface area (Å²) >= 11 is 1.20. The van der Waals surface area contributed by atoms with E-state index in [-0.39, 0.29) is 11.7 Å². The number of hydrogen-bond acceptors (Lipinski definition) is 4. The van der Waals surface area contributed by atoms with Crippen LogP contribution in [0, 0.1) is 6.92 Å². The van der Waals surface area contributed by atoms with Crippen molar-refractivity contribution in [3.05, 3.63) is 11.9 Å². The molecule has 0 radical (unpaired) electrons. The molecule has 0 saturated heterocycles. The fraction of sp³-hybridized carbons (Fsp3) is 0.545. The predicted molar refractivity (Wildman–Crippen MR) is 68.4 cm³/mol. The van der Waals surface area contributed by atoms with Crippen LogP contribution in [0.3, 0.4) is 0 Å². The van der Waals surface area contributed by atoms with Gasteiger partial charge in [-0.15, -0.1) is 0 Å². The minimum Gasteiger partial charge on any atom is -0.481 e. The Bertz CT molecular complexity index is 431. The maximum Gasteiger partial charge on any atom is 0.313 e. The van der Waals surface area contributed by atoms with E-state index in [1.807, 2.05) is 11.5 Å². The van der Waals surface area contributed by atoms with Crippen LogP contribution < -0.4 is 5.73 Å². The summed E-state index contributed by atoms with van der Waals surface area (Å²) in [6.45, 7) is 2.65. The molecule has 0 fully saturated rings. The molecule has 18 heavy (non-hydrogen) atoms. The number of primary amides is 1. The van der Waals surface area contributed by atoms with E-state index in [9.17, 15) is 9.59 Å². The van der Waals surface area contributed by atoms with Crippen molar-refractivity contribution < 1.29 is 14.7 Å². The van der Waals surface area contributed by atoms with Gasteiger partial charge in [-0.25, -0.2) is 4.98 Å². The highest BCUT2D eigenvalue weighted by Crippen LogP contribution is 2.19. The van der Waals surface area contributed by atoms with Crippen LogP contribution in [0.15, 0.2) is 11.4 Å². The van der Waals surface area contributed by atoms with Crippen LogP contribution in [0.1, 0.15) is 25.0 Å². The smallest absolute Gasteiger partial charge is 0.313 e. The third-order valence-electron chi connectivity index (χ3n) is 2.40. The molecule has 1 aromatic heterocycles. The number of nitrogens with zero attached hydrogens (tertiary/aromatic N) is 2. The van der Waals surface area contributed by atoms with E-state index < -0.39 is 5.97 Å². The SMILES string of the molecule is Cc1cnc(SCC(=O)O)n1CCCCC(N)=O. The monoisotopic (exact) mass is 271 g/mol. The average molecular weight is 271 g/mol. The molecule has 0 spiro atoms. The van der Waals surface area contributed by atoms with Gasteiger partial charge >= 0.3 is 5.97 Å². The van der Waals surface area contributed by atoms with Crippen molar-refractivity contribution in [2.75, 3.05) is 5.75 Å². The van der Waals surface area contributed by atoms with Gasteiger partial charge in [-0.3, -0.25) is 9.59 Å². The fourth-order valence-electron chi connectivity index (χ4n) is 1.52. The van der Waals surface area contributed by atoms with Crippen molar-refractivity contribution in [1.82, 2.24) is 9.55 Å². The molecule has 1 rings (SSSR count). The highest BCUT2D eigenvalue weighted by molar-refractivity contribution is 7.99. The number of carbonyl (C=O) groups is 2. The van der Waals surface area contributed by atoms with Crippen LogP contribution in [-0.4, -0.2) is 32.3 Å². The Morgan fingerprint density at radius 2 is 2.22 bits per heavy atom. The Balaban J connectivity index is 2.50. The van der Waals surface area contributed by atoms with Gasteiger partial charge in [0, 0.05) is 24.9 Å². The highest BCUT2D eigenvalue weighted by atomic mass is 32.2. The summed E-state index contributed by atoms with van der Waals surface area (Å²) in [4.78, 5) is 25.3. The van der Waals surface area contributed by atoms with Crippen molar-refractivity contribution >= 4 is 23.6 Å². The van der Waals surface area contributed by atoms with Gasteiger partial charge in [-0.05, 0) is 19.8 Å². The Morgan fingerprint density at radius 1 is 1.50 bits per heavy atom. The molecular formula is C11H17N3O3S. The van der Waals surface area contributed by atoms with Crippen molar-refractivity contribution in [3.63, 3.8) is 0 Å². The molecule has 1 heterocycles. The molecule has 0 unspecified atom stereocenters. The first-order chi connectivity index (χ1) is 8.50. The van der Waals surface area contributed by atoms with Crippen LogP contribution in [0.2, 0.25) is 0 Å². The zero-order valence-electron chi connectivity index (χ0n) is 10.3. The molecule has 100 valence electrons. The first kappa shape index (κ1) is 14.6. The molecule has 0 bridgehead atoms. The molecule has 1 amide bonds. The summed E-state index contributed by atoms with van der Waals surface area (Å²) in [6, 6.07) is 0. The lowest BCUT2D eigenvalue weighted by Gasteiger charge is -2.08. The second kappa shape index (κ2) is 7.05. The number of nitrogens with two attached hydrogens (primary N) is 1. The lowest BCUT2D eigenvalue weighted by atomic mass is 10.2.